The molecule has 0 aromatic rings. The summed E-state index contributed by atoms with van der Waals surface area (Å²) in [5.41, 5.74) is 6.05. The van der Waals surface area contributed by atoms with Crippen molar-refractivity contribution in [3.63, 3.8) is 0 Å². The van der Waals surface area contributed by atoms with Crippen molar-refractivity contribution in [2.45, 2.75) is 56.7 Å². The smallest absolute Gasteiger partial charge is 0.220 e. The van der Waals surface area contributed by atoms with Crippen molar-refractivity contribution in [2.24, 2.45) is 11.7 Å². The van der Waals surface area contributed by atoms with E-state index in [-0.39, 0.29) is 16.7 Å². The van der Waals surface area contributed by atoms with Gasteiger partial charge in [-0.1, -0.05) is 12.8 Å². The Hall–Kier alpha value is -0.220. The van der Waals surface area contributed by atoms with Crippen LogP contribution in [0.2, 0.25) is 0 Å². The van der Waals surface area contributed by atoms with Gasteiger partial charge in [-0.3, -0.25) is 4.79 Å². The maximum atomic E-state index is 11.8. The van der Waals surface area contributed by atoms with Crippen LogP contribution in [0.4, 0.5) is 0 Å². The molecule has 0 bridgehead atoms. The molecule has 0 aromatic heterocycles. The normalized spacial score (nSPS) is 25.6. The minimum absolute atomic E-state index is 0.115. The van der Waals surface area contributed by atoms with Crippen molar-refractivity contribution in [3.05, 3.63) is 0 Å². The maximum absolute atomic E-state index is 11.8. The molecular weight excluding hydrogens is 232 g/mol. The van der Waals surface area contributed by atoms with E-state index in [4.69, 9.17) is 5.73 Å². The summed E-state index contributed by atoms with van der Waals surface area (Å²) in [6, 6.07) is 0.225. The Morgan fingerprint density at radius 3 is 2.65 bits per heavy atom. The number of hydrogen-bond donors (Lipinski definition) is 2. The van der Waals surface area contributed by atoms with Crippen LogP contribution in [0.25, 0.3) is 0 Å². The first-order valence-electron chi connectivity index (χ1n) is 6.52. The highest BCUT2D eigenvalue weighted by Gasteiger charge is 2.25. The summed E-state index contributed by atoms with van der Waals surface area (Å²) >= 11 is 1.78. The molecule has 0 aliphatic heterocycles. The number of nitrogens with one attached hydrogen (secondary N) is 1. The Kier molecular flexibility index (Phi) is 5.80. The molecule has 3 N–H and O–H groups in total. The first-order valence-corrected chi connectivity index (χ1v) is 7.74. The Labute approximate surface area is 109 Å². The minimum atomic E-state index is 0.115. The van der Waals surface area contributed by atoms with Gasteiger partial charge in [-0.2, -0.15) is 11.8 Å². The second-order valence-corrected chi connectivity index (χ2v) is 7.17. The lowest BCUT2D eigenvalue weighted by Gasteiger charge is -2.28. The molecule has 0 radical (unpaired) electrons. The molecule has 2 unspecified atom stereocenters. The Morgan fingerprint density at radius 1 is 1.41 bits per heavy atom. The van der Waals surface area contributed by atoms with E-state index in [1.807, 2.05) is 0 Å². The van der Waals surface area contributed by atoms with E-state index >= 15 is 0 Å². The topological polar surface area (TPSA) is 55.1 Å². The predicted molar refractivity (Wildman–Crippen MR) is 75.2 cm³/mol. The monoisotopic (exact) mass is 258 g/mol. The van der Waals surface area contributed by atoms with Crippen LogP contribution in [0.5, 0.6) is 0 Å². The van der Waals surface area contributed by atoms with E-state index < -0.39 is 0 Å². The highest BCUT2D eigenvalue weighted by atomic mass is 32.2. The zero-order chi connectivity index (χ0) is 12.9. The molecular formula is C13H26N2OS. The van der Waals surface area contributed by atoms with Crippen LogP contribution in [0.1, 0.15) is 46.0 Å². The van der Waals surface area contributed by atoms with Crippen LogP contribution in [-0.2, 0) is 4.79 Å². The van der Waals surface area contributed by atoms with Gasteiger partial charge < -0.3 is 11.1 Å². The largest absolute Gasteiger partial charge is 0.355 e. The third kappa shape index (κ3) is 5.30. The van der Waals surface area contributed by atoms with Gasteiger partial charge in [0.1, 0.15) is 0 Å². The molecule has 0 heterocycles. The van der Waals surface area contributed by atoms with Gasteiger partial charge in [-0.25, -0.2) is 0 Å². The summed E-state index contributed by atoms with van der Waals surface area (Å²) in [7, 11) is 0. The second-order valence-electron chi connectivity index (χ2n) is 5.65. The van der Waals surface area contributed by atoms with Gasteiger partial charge in [0, 0.05) is 23.8 Å². The summed E-state index contributed by atoms with van der Waals surface area (Å²) < 4.78 is 0.115. The molecule has 3 nitrogen and oxygen atoms in total. The Balaban J connectivity index is 2.29. The number of amides is 1. The lowest BCUT2D eigenvalue weighted by atomic mass is 9.83. The van der Waals surface area contributed by atoms with Crippen LogP contribution in [0.15, 0.2) is 0 Å². The lowest BCUT2D eigenvalue weighted by molar-refractivity contribution is -0.122. The van der Waals surface area contributed by atoms with Crippen LogP contribution < -0.4 is 11.1 Å². The Morgan fingerprint density at radius 2 is 2.06 bits per heavy atom. The lowest BCUT2D eigenvalue weighted by Crippen LogP contribution is -2.40. The van der Waals surface area contributed by atoms with Crippen LogP contribution in [-0.4, -0.2) is 29.5 Å². The van der Waals surface area contributed by atoms with Crippen molar-refractivity contribution < 1.29 is 4.79 Å². The zero-order valence-corrected chi connectivity index (χ0v) is 12.1. The second kappa shape index (κ2) is 6.64. The SMILES string of the molecule is CSC(C)(C)CNC(=O)CC1CCCCC1N. The van der Waals surface area contributed by atoms with Crippen molar-refractivity contribution >= 4 is 17.7 Å². The van der Waals surface area contributed by atoms with Crippen molar-refractivity contribution in [2.75, 3.05) is 12.8 Å². The number of carbonyl (C=O) groups excluding carboxylic acids is 1. The molecule has 1 rings (SSSR count). The summed E-state index contributed by atoms with van der Waals surface area (Å²) in [5, 5.41) is 3.03. The number of hydrogen-bond acceptors (Lipinski definition) is 3. The standard InChI is InChI=1S/C13H26N2OS/c1-13(2,17-3)9-15-12(16)8-10-6-4-5-7-11(10)14/h10-11H,4-9,14H2,1-3H3,(H,15,16). The molecule has 4 heteroatoms. The molecule has 1 fully saturated rings. The molecule has 1 aliphatic rings. The van der Waals surface area contributed by atoms with Gasteiger partial charge in [-0.05, 0) is 38.9 Å². The van der Waals surface area contributed by atoms with Crippen LogP contribution >= 0.6 is 11.8 Å². The summed E-state index contributed by atoms with van der Waals surface area (Å²) in [4.78, 5) is 11.8. The van der Waals surface area contributed by atoms with Crippen molar-refractivity contribution in [1.29, 1.82) is 0 Å². The fourth-order valence-electron chi connectivity index (χ4n) is 2.18. The maximum Gasteiger partial charge on any atom is 0.220 e. The van der Waals surface area contributed by atoms with E-state index in [0.29, 0.717) is 12.3 Å². The number of nitrogens with two attached hydrogens (primary N) is 1. The number of thioether (sulfide) groups is 1. The fraction of sp³-hybridized carbons (Fsp3) is 0.923. The fourth-order valence-corrected chi connectivity index (χ4v) is 2.40. The molecule has 0 spiro atoms. The molecule has 0 aromatic carbocycles. The van der Waals surface area contributed by atoms with E-state index in [1.165, 1.54) is 12.8 Å². The predicted octanol–water partition coefficient (Wildman–Crippen LogP) is 2.15. The highest BCUT2D eigenvalue weighted by Crippen LogP contribution is 2.25. The first-order chi connectivity index (χ1) is 7.94. The quantitative estimate of drug-likeness (QED) is 0.794. The third-order valence-corrected chi connectivity index (χ3v) is 4.93. The van der Waals surface area contributed by atoms with Gasteiger partial charge in [0.05, 0.1) is 0 Å². The molecule has 1 saturated carbocycles. The zero-order valence-electron chi connectivity index (χ0n) is 11.3. The molecule has 17 heavy (non-hydrogen) atoms. The van der Waals surface area contributed by atoms with Crippen LogP contribution in [0.3, 0.4) is 0 Å². The average Bonchev–Trinajstić information content (AvgIpc) is 2.30. The highest BCUT2D eigenvalue weighted by molar-refractivity contribution is 7.99. The van der Waals surface area contributed by atoms with E-state index in [9.17, 15) is 4.79 Å². The van der Waals surface area contributed by atoms with Gasteiger partial charge in [0.2, 0.25) is 5.91 Å². The molecule has 1 amide bonds. The first kappa shape index (κ1) is 14.8. The van der Waals surface area contributed by atoms with E-state index in [0.717, 1.165) is 19.4 Å². The molecule has 2 atom stereocenters. The molecule has 0 saturated heterocycles. The van der Waals surface area contributed by atoms with Crippen LogP contribution in [0, 0.1) is 5.92 Å². The summed E-state index contributed by atoms with van der Waals surface area (Å²) in [6.45, 7) is 5.02. The van der Waals surface area contributed by atoms with Gasteiger partial charge in [-0.15, -0.1) is 0 Å². The summed E-state index contributed by atoms with van der Waals surface area (Å²) in [5.74, 6) is 0.551. The number of rotatable bonds is 5. The number of carbonyl (C=O) groups is 1. The third-order valence-electron chi connectivity index (χ3n) is 3.68. The summed E-state index contributed by atoms with van der Waals surface area (Å²) in [6.07, 6.45) is 7.31. The van der Waals surface area contributed by atoms with Crippen molar-refractivity contribution in [3.8, 4) is 0 Å². The Bertz CT molecular complexity index is 256. The van der Waals surface area contributed by atoms with Gasteiger partial charge >= 0.3 is 0 Å². The van der Waals surface area contributed by atoms with Gasteiger partial charge in [0.25, 0.3) is 0 Å². The van der Waals surface area contributed by atoms with E-state index in [2.05, 4.69) is 25.4 Å². The molecule has 1 aliphatic carbocycles. The van der Waals surface area contributed by atoms with E-state index in [1.54, 1.807) is 11.8 Å². The average molecular weight is 258 g/mol. The van der Waals surface area contributed by atoms with Gasteiger partial charge in [0.15, 0.2) is 0 Å². The van der Waals surface area contributed by atoms with Crippen molar-refractivity contribution in [1.82, 2.24) is 5.32 Å². The minimum Gasteiger partial charge on any atom is -0.355 e. The molecule has 100 valence electrons.